The van der Waals surface area contributed by atoms with Crippen molar-refractivity contribution in [3.05, 3.63) is 34.9 Å². The number of rotatable bonds is 2. The van der Waals surface area contributed by atoms with Crippen molar-refractivity contribution in [3.8, 4) is 0 Å². The smallest absolute Gasteiger partial charge is 0.0406 e. The van der Waals surface area contributed by atoms with E-state index in [1.807, 2.05) is 12.1 Å². The van der Waals surface area contributed by atoms with Crippen LogP contribution in [-0.2, 0) is 6.54 Å². The average molecular weight is 225 g/mol. The summed E-state index contributed by atoms with van der Waals surface area (Å²) in [4.78, 5) is 2.48. The van der Waals surface area contributed by atoms with Crippen molar-refractivity contribution >= 4 is 11.6 Å². The normalized spacial score (nSPS) is 22.9. The molecule has 15 heavy (non-hydrogen) atoms. The minimum atomic E-state index is 0.603. The van der Waals surface area contributed by atoms with Crippen molar-refractivity contribution in [1.29, 1.82) is 0 Å². The molecular formula is C12H17ClN2. The zero-order chi connectivity index (χ0) is 10.7. The van der Waals surface area contributed by atoms with E-state index in [0.29, 0.717) is 6.04 Å². The van der Waals surface area contributed by atoms with E-state index < -0.39 is 0 Å². The Morgan fingerprint density at radius 3 is 2.80 bits per heavy atom. The van der Waals surface area contributed by atoms with Gasteiger partial charge in [-0.05, 0) is 24.6 Å². The molecule has 82 valence electrons. The lowest BCUT2D eigenvalue weighted by atomic mass is 10.1. The first-order valence-electron chi connectivity index (χ1n) is 5.44. The predicted molar refractivity (Wildman–Crippen MR) is 64.2 cm³/mol. The molecule has 0 saturated carbocycles. The monoisotopic (exact) mass is 224 g/mol. The molecule has 1 unspecified atom stereocenters. The van der Waals surface area contributed by atoms with Crippen LogP contribution in [0.3, 0.4) is 0 Å². The maximum atomic E-state index is 5.85. The van der Waals surface area contributed by atoms with E-state index >= 15 is 0 Å². The minimum Gasteiger partial charge on any atom is -0.312 e. The molecule has 2 nitrogen and oxygen atoms in total. The molecule has 1 heterocycles. The van der Waals surface area contributed by atoms with E-state index in [0.717, 1.165) is 31.2 Å². The molecule has 1 aromatic rings. The highest BCUT2D eigenvalue weighted by atomic mass is 35.5. The summed E-state index contributed by atoms with van der Waals surface area (Å²) in [6.07, 6.45) is 0. The third-order valence-electron chi connectivity index (χ3n) is 2.77. The predicted octanol–water partition coefficient (Wildman–Crippen LogP) is 2.13. The SMILES string of the molecule is CC1CN(Cc2ccc(Cl)cc2)CCN1. The van der Waals surface area contributed by atoms with Crippen LogP contribution in [0.2, 0.25) is 5.02 Å². The molecule has 0 radical (unpaired) electrons. The molecular weight excluding hydrogens is 208 g/mol. The molecule has 0 bridgehead atoms. The van der Waals surface area contributed by atoms with Crippen LogP contribution in [-0.4, -0.2) is 30.6 Å². The third-order valence-corrected chi connectivity index (χ3v) is 3.02. The number of nitrogens with one attached hydrogen (secondary N) is 1. The van der Waals surface area contributed by atoms with Crippen LogP contribution in [0.5, 0.6) is 0 Å². The number of nitrogens with zero attached hydrogens (tertiary/aromatic N) is 1. The second kappa shape index (κ2) is 4.97. The first kappa shape index (κ1) is 10.9. The molecule has 1 saturated heterocycles. The van der Waals surface area contributed by atoms with Gasteiger partial charge in [0, 0.05) is 37.2 Å². The molecule has 1 aromatic carbocycles. The van der Waals surface area contributed by atoms with Crippen LogP contribution >= 0.6 is 11.6 Å². The van der Waals surface area contributed by atoms with Gasteiger partial charge in [0.2, 0.25) is 0 Å². The molecule has 2 rings (SSSR count). The van der Waals surface area contributed by atoms with Gasteiger partial charge in [-0.1, -0.05) is 23.7 Å². The van der Waals surface area contributed by atoms with Gasteiger partial charge >= 0.3 is 0 Å². The van der Waals surface area contributed by atoms with E-state index in [1.54, 1.807) is 0 Å². The molecule has 1 N–H and O–H groups in total. The Balaban J connectivity index is 1.93. The highest BCUT2D eigenvalue weighted by Gasteiger charge is 2.15. The summed E-state index contributed by atoms with van der Waals surface area (Å²) < 4.78 is 0. The summed E-state index contributed by atoms with van der Waals surface area (Å²) in [6.45, 7) is 6.61. The Bertz CT molecular complexity index is 310. The number of piperazine rings is 1. The highest BCUT2D eigenvalue weighted by molar-refractivity contribution is 6.30. The molecule has 1 atom stereocenters. The van der Waals surface area contributed by atoms with Crippen LogP contribution < -0.4 is 5.32 Å². The van der Waals surface area contributed by atoms with E-state index in [9.17, 15) is 0 Å². The Labute approximate surface area is 96.2 Å². The van der Waals surface area contributed by atoms with Gasteiger partial charge in [-0.2, -0.15) is 0 Å². The molecule has 0 aliphatic carbocycles. The lowest BCUT2D eigenvalue weighted by Gasteiger charge is -2.31. The number of hydrogen-bond donors (Lipinski definition) is 1. The molecule has 0 aromatic heterocycles. The van der Waals surface area contributed by atoms with Gasteiger partial charge in [0.05, 0.1) is 0 Å². The van der Waals surface area contributed by atoms with Gasteiger partial charge in [-0.25, -0.2) is 0 Å². The zero-order valence-electron chi connectivity index (χ0n) is 9.04. The van der Waals surface area contributed by atoms with Crippen LogP contribution in [0.1, 0.15) is 12.5 Å². The van der Waals surface area contributed by atoms with Crippen LogP contribution in [0.25, 0.3) is 0 Å². The lowest BCUT2D eigenvalue weighted by molar-refractivity contribution is 0.199. The van der Waals surface area contributed by atoms with Crippen LogP contribution in [0, 0.1) is 0 Å². The Kier molecular flexibility index (Phi) is 3.62. The minimum absolute atomic E-state index is 0.603. The molecule has 0 spiro atoms. The van der Waals surface area contributed by atoms with Crippen molar-refractivity contribution in [2.45, 2.75) is 19.5 Å². The van der Waals surface area contributed by atoms with Crippen LogP contribution in [0.15, 0.2) is 24.3 Å². The Morgan fingerprint density at radius 2 is 2.13 bits per heavy atom. The van der Waals surface area contributed by atoms with Crippen molar-refractivity contribution in [1.82, 2.24) is 10.2 Å². The first-order chi connectivity index (χ1) is 7.24. The standard InChI is InChI=1S/C12H17ClN2/c1-10-8-15(7-6-14-10)9-11-2-4-12(13)5-3-11/h2-5,10,14H,6-9H2,1H3. The number of benzene rings is 1. The maximum absolute atomic E-state index is 5.85. The van der Waals surface area contributed by atoms with Gasteiger partial charge in [0.25, 0.3) is 0 Å². The van der Waals surface area contributed by atoms with Crippen LogP contribution in [0.4, 0.5) is 0 Å². The fraction of sp³-hybridized carbons (Fsp3) is 0.500. The Hall–Kier alpha value is -0.570. The number of hydrogen-bond acceptors (Lipinski definition) is 2. The summed E-state index contributed by atoms with van der Waals surface area (Å²) >= 11 is 5.85. The van der Waals surface area contributed by atoms with E-state index in [-0.39, 0.29) is 0 Å². The van der Waals surface area contributed by atoms with Crippen molar-refractivity contribution in [3.63, 3.8) is 0 Å². The second-order valence-electron chi connectivity index (χ2n) is 4.22. The van der Waals surface area contributed by atoms with E-state index in [4.69, 9.17) is 11.6 Å². The average Bonchev–Trinajstić information content (AvgIpc) is 2.22. The fourth-order valence-corrected chi connectivity index (χ4v) is 2.13. The van der Waals surface area contributed by atoms with Gasteiger partial charge in [0.1, 0.15) is 0 Å². The summed E-state index contributed by atoms with van der Waals surface area (Å²) in [6, 6.07) is 8.74. The molecule has 3 heteroatoms. The molecule has 1 aliphatic heterocycles. The van der Waals surface area contributed by atoms with Gasteiger partial charge in [0.15, 0.2) is 0 Å². The van der Waals surface area contributed by atoms with Gasteiger partial charge < -0.3 is 5.32 Å². The summed E-state index contributed by atoms with van der Waals surface area (Å²) in [5, 5.41) is 4.26. The Morgan fingerprint density at radius 1 is 1.40 bits per heavy atom. The summed E-state index contributed by atoms with van der Waals surface area (Å²) in [7, 11) is 0. The largest absolute Gasteiger partial charge is 0.312 e. The fourth-order valence-electron chi connectivity index (χ4n) is 2.00. The first-order valence-corrected chi connectivity index (χ1v) is 5.82. The second-order valence-corrected chi connectivity index (χ2v) is 4.65. The van der Waals surface area contributed by atoms with Crippen molar-refractivity contribution in [2.75, 3.05) is 19.6 Å². The topological polar surface area (TPSA) is 15.3 Å². The molecule has 1 fully saturated rings. The summed E-state index contributed by atoms with van der Waals surface area (Å²) in [5.74, 6) is 0. The van der Waals surface area contributed by atoms with Gasteiger partial charge in [-0.15, -0.1) is 0 Å². The van der Waals surface area contributed by atoms with Crippen molar-refractivity contribution < 1.29 is 0 Å². The highest BCUT2D eigenvalue weighted by Crippen LogP contribution is 2.12. The lowest BCUT2D eigenvalue weighted by Crippen LogP contribution is -2.48. The molecule has 0 amide bonds. The van der Waals surface area contributed by atoms with E-state index in [2.05, 4.69) is 29.3 Å². The van der Waals surface area contributed by atoms with Crippen molar-refractivity contribution in [2.24, 2.45) is 0 Å². The molecule has 1 aliphatic rings. The third kappa shape index (κ3) is 3.20. The number of halogens is 1. The van der Waals surface area contributed by atoms with E-state index in [1.165, 1.54) is 5.56 Å². The maximum Gasteiger partial charge on any atom is 0.0406 e. The zero-order valence-corrected chi connectivity index (χ0v) is 9.80. The quantitative estimate of drug-likeness (QED) is 0.828. The van der Waals surface area contributed by atoms with Gasteiger partial charge in [-0.3, -0.25) is 4.90 Å². The summed E-state index contributed by atoms with van der Waals surface area (Å²) in [5.41, 5.74) is 1.34.